The SMILES string of the molecule is C=CC[C@@H]1O[C@H](COC(C)=O)[C@@H](CC(=C)C)[C@H](OCc2ccccc2)[C@H]1N1C(=O)c2ccccc2C1=O. The summed E-state index contributed by atoms with van der Waals surface area (Å²) in [7, 11) is 0. The number of ether oxygens (including phenoxy) is 3. The third kappa shape index (κ3) is 5.73. The fraction of sp³-hybridized carbons (Fsp3) is 0.367. The van der Waals surface area contributed by atoms with Gasteiger partial charge in [0.15, 0.2) is 0 Å². The predicted molar refractivity (Wildman–Crippen MR) is 139 cm³/mol. The van der Waals surface area contributed by atoms with Gasteiger partial charge >= 0.3 is 5.97 Å². The molecule has 4 rings (SSSR count). The van der Waals surface area contributed by atoms with Crippen LogP contribution < -0.4 is 0 Å². The van der Waals surface area contributed by atoms with Crippen LogP contribution in [0.25, 0.3) is 0 Å². The van der Waals surface area contributed by atoms with E-state index in [1.54, 1.807) is 30.3 Å². The summed E-state index contributed by atoms with van der Waals surface area (Å²) in [6.45, 7) is 11.5. The molecule has 2 aromatic carbocycles. The molecule has 0 spiro atoms. The summed E-state index contributed by atoms with van der Waals surface area (Å²) in [5.41, 5.74) is 2.58. The van der Waals surface area contributed by atoms with Crippen molar-refractivity contribution < 1.29 is 28.6 Å². The molecule has 0 saturated carbocycles. The van der Waals surface area contributed by atoms with E-state index in [1.807, 2.05) is 37.3 Å². The minimum atomic E-state index is -0.716. The predicted octanol–water partition coefficient (Wildman–Crippen LogP) is 4.73. The van der Waals surface area contributed by atoms with Crippen LogP contribution in [-0.4, -0.2) is 53.6 Å². The zero-order valence-corrected chi connectivity index (χ0v) is 21.3. The van der Waals surface area contributed by atoms with Crippen molar-refractivity contribution in [3.05, 3.63) is 96.1 Å². The van der Waals surface area contributed by atoms with Gasteiger partial charge < -0.3 is 14.2 Å². The zero-order chi connectivity index (χ0) is 26.5. The van der Waals surface area contributed by atoms with Crippen molar-refractivity contribution in [2.45, 2.75) is 57.6 Å². The molecule has 0 unspecified atom stereocenters. The van der Waals surface area contributed by atoms with Gasteiger partial charge in [0.05, 0.1) is 42.1 Å². The summed E-state index contributed by atoms with van der Waals surface area (Å²) in [5, 5.41) is 0. The number of allylic oxidation sites excluding steroid dienone is 1. The molecule has 2 heterocycles. The Morgan fingerprint density at radius 2 is 1.62 bits per heavy atom. The number of imide groups is 1. The maximum atomic E-state index is 13.6. The molecule has 2 aliphatic rings. The van der Waals surface area contributed by atoms with Crippen LogP contribution in [0.5, 0.6) is 0 Å². The van der Waals surface area contributed by atoms with E-state index in [-0.39, 0.29) is 30.9 Å². The van der Waals surface area contributed by atoms with Crippen LogP contribution in [0.4, 0.5) is 0 Å². The van der Waals surface area contributed by atoms with E-state index < -0.39 is 30.3 Å². The summed E-state index contributed by atoms with van der Waals surface area (Å²) < 4.78 is 18.4. The largest absolute Gasteiger partial charge is 0.463 e. The summed E-state index contributed by atoms with van der Waals surface area (Å²) >= 11 is 0. The summed E-state index contributed by atoms with van der Waals surface area (Å²) in [5.74, 6) is -1.48. The van der Waals surface area contributed by atoms with Crippen LogP contribution in [0.2, 0.25) is 0 Å². The lowest BCUT2D eigenvalue weighted by Crippen LogP contribution is -2.63. The van der Waals surface area contributed by atoms with Gasteiger partial charge in [0.25, 0.3) is 11.8 Å². The first-order valence-electron chi connectivity index (χ1n) is 12.5. The van der Waals surface area contributed by atoms with Crippen LogP contribution in [0.1, 0.15) is 53.0 Å². The van der Waals surface area contributed by atoms with Crippen molar-refractivity contribution in [3.63, 3.8) is 0 Å². The number of esters is 1. The van der Waals surface area contributed by atoms with E-state index >= 15 is 0 Å². The fourth-order valence-corrected chi connectivity index (χ4v) is 5.23. The fourth-order valence-electron chi connectivity index (χ4n) is 5.23. The number of benzene rings is 2. The first kappa shape index (κ1) is 26.5. The maximum absolute atomic E-state index is 13.6. The minimum Gasteiger partial charge on any atom is -0.463 e. The molecule has 7 heteroatoms. The van der Waals surface area contributed by atoms with Crippen molar-refractivity contribution in [3.8, 4) is 0 Å². The number of fused-ring (bicyclic) bond motifs is 1. The standard InChI is InChI=1S/C30H33NO6/c1-5-11-25-27(31-29(33)22-14-9-10-15-23(22)30(31)34)28(36-17-21-12-7-6-8-13-21)24(16-19(2)3)26(37-25)18-35-20(4)32/h5-10,12-15,24-28H,1-2,11,16-18H2,3-4H3/t24-,25+,26-,27+,28+/m1/s1. The van der Waals surface area contributed by atoms with Crippen molar-refractivity contribution in [1.82, 2.24) is 4.90 Å². The Hall–Kier alpha value is -3.55. The zero-order valence-electron chi connectivity index (χ0n) is 21.3. The molecule has 5 atom stereocenters. The van der Waals surface area contributed by atoms with E-state index in [0.717, 1.165) is 11.1 Å². The topological polar surface area (TPSA) is 82.1 Å². The molecule has 0 aromatic heterocycles. The highest BCUT2D eigenvalue weighted by Crippen LogP contribution is 2.39. The number of carbonyl (C=O) groups is 3. The Kier molecular flexibility index (Phi) is 8.36. The van der Waals surface area contributed by atoms with Gasteiger partial charge in [-0.1, -0.05) is 54.1 Å². The lowest BCUT2D eigenvalue weighted by molar-refractivity contribution is -0.201. The van der Waals surface area contributed by atoms with Crippen LogP contribution in [0.15, 0.2) is 79.4 Å². The van der Waals surface area contributed by atoms with Gasteiger partial charge in [-0.2, -0.15) is 0 Å². The molecule has 2 amide bonds. The number of nitrogens with zero attached hydrogens (tertiary/aromatic N) is 1. The molecular weight excluding hydrogens is 470 g/mol. The van der Waals surface area contributed by atoms with Gasteiger partial charge in [-0.15, -0.1) is 13.2 Å². The molecule has 0 aliphatic carbocycles. The number of carbonyl (C=O) groups excluding carboxylic acids is 3. The number of hydrogen-bond donors (Lipinski definition) is 0. The second kappa shape index (κ2) is 11.7. The first-order valence-corrected chi connectivity index (χ1v) is 12.5. The molecule has 7 nitrogen and oxygen atoms in total. The van der Waals surface area contributed by atoms with E-state index in [1.165, 1.54) is 11.8 Å². The number of hydrogen-bond acceptors (Lipinski definition) is 6. The molecule has 194 valence electrons. The molecule has 37 heavy (non-hydrogen) atoms. The highest BCUT2D eigenvalue weighted by atomic mass is 16.6. The Morgan fingerprint density at radius 1 is 1.00 bits per heavy atom. The average Bonchev–Trinajstić information content (AvgIpc) is 3.13. The van der Waals surface area contributed by atoms with E-state index in [4.69, 9.17) is 14.2 Å². The molecule has 0 N–H and O–H groups in total. The highest BCUT2D eigenvalue weighted by molar-refractivity contribution is 6.21. The van der Waals surface area contributed by atoms with Crippen LogP contribution in [0, 0.1) is 5.92 Å². The normalized spacial score (nSPS) is 25.0. The molecule has 0 bridgehead atoms. The average molecular weight is 504 g/mol. The number of amides is 2. The van der Waals surface area contributed by atoms with Gasteiger partial charge in [0, 0.05) is 12.8 Å². The van der Waals surface area contributed by atoms with Crippen molar-refractivity contribution >= 4 is 17.8 Å². The number of rotatable bonds is 10. The lowest BCUT2D eigenvalue weighted by Gasteiger charge is -2.49. The van der Waals surface area contributed by atoms with Gasteiger partial charge in [-0.3, -0.25) is 19.3 Å². The quantitative estimate of drug-likeness (QED) is 0.265. The molecule has 0 radical (unpaired) electrons. The van der Waals surface area contributed by atoms with Gasteiger partial charge in [0.1, 0.15) is 6.61 Å². The van der Waals surface area contributed by atoms with Crippen LogP contribution in [-0.2, 0) is 25.6 Å². The summed E-state index contributed by atoms with van der Waals surface area (Å²) in [6.07, 6.45) is 0.871. The van der Waals surface area contributed by atoms with Crippen molar-refractivity contribution in [1.29, 1.82) is 0 Å². The van der Waals surface area contributed by atoms with Crippen molar-refractivity contribution in [2.75, 3.05) is 6.61 Å². The van der Waals surface area contributed by atoms with Crippen LogP contribution >= 0.6 is 0 Å². The first-order chi connectivity index (χ1) is 17.8. The Labute approximate surface area is 217 Å². The van der Waals surface area contributed by atoms with Gasteiger partial charge in [0.2, 0.25) is 0 Å². The Balaban J connectivity index is 1.76. The smallest absolute Gasteiger partial charge is 0.302 e. The Morgan fingerprint density at radius 3 is 2.19 bits per heavy atom. The second-order valence-corrected chi connectivity index (χ2v) is 9.64. The molecule has 1 saturated heterocycles. The monoisotopic (exact) mass is 503 g/mol. The van der Waals surface area contributed by atoms with E-state index in [9.17, 15) is 14.4 Å². The maximum Gasteiger partial charge on any atom is 0.302 e. The summed E-state index contributed by atoms with van der Waals surface area (Å²) in [4.78, 5) is 40.1. The van der Waals surface area contributed by atoms with Crippen LogP contribution in [0.3, 0.4) is 0 Å². The third-order valence-corrected chi connectivity index (χ3v) is 6.81. The van der Waals surface area contributed by atoms with Gasteiger partial charge in [-0.05, 0) is 37.5 Å². The van der Waals surface area contributed by atoms with Gasteiger partial charge in [-0.25, -0.2) is 0 Å². The lowest BCUT2D eigenvalue weighted by atomic mass is 9.80. The summed E-state index contributed by atoms with van der Waals surface area (Å²) in [6, 6.07) is 15.8. The molecule has 2 aromatic rings. The minimum absolute atomic E-state index is 0.0287. The third-order valence-electron chi connectivity index (χ3n) is 6.81. The second-order valence-electron chi connectivity index (χ2n) is 9.64. The molecular formula is C30H33NO6. The van der Waals surface area contributed by atoms with Crippen molar-refractivity contribution in [2.24, 2.45) is 5.92 Å². The molecule has 2 aliphatic heterocycles. The molecule has 1 fully saturated rings. The Bertz CT molecular complexity index is 1140. The van der Waals surface area contributed by atoms with E-state index in [0.29, 0.717) is 24.0 Å². The highest BCUT2D eigenvalue weighted by Gasteiger charge is 2.53. The van der Waals surface area contributed by atoms with E-state index in [2.05, 4.69) is 13.2 Å².